The van der Waals surface area contributed by atoms with Crippen molar-refractivity contribution in [2.45, 2.75) is 33.6 Å². The number of hydrogen-bond acceptors (Lipinski definition) is 2. The van der Waals surface area contributed by atoms with Gasteiger partial charge in [-0.15, -0.1) is 0 Å². The highest BCUT2D eigenvalue weighted by Gasteiger charge is 2.18. The molecular weight excluding hydrogens is 226 g/mol. The normalized spacial score (nSPS) is 10.8. The van der Waals surface area contributed by atoms with Gasteiger partial charge in [-0.1, -0.05) is 32.0 Å². The van der Waals surface area contributed by atoms with Gasteiger partial charge in [0.05, 0.1) is 6.61 Å². The summed E-state index contributed by atoms with van der Waals surface area (Å²) in [6.07, 6.45) is 1.77. The minimum Gasteiger partial charge on any atom is -0.461 e. The molecule has 1 aromatic carbocycles. The van der Waals surface area contributed by atoms with Crippen LogP contribution in [0.25, 0.3) is 10.9 Å². The molecule has 0 radical (unpaired) electrons. The fourth-order valence-corrected chi connectivity index (χ4v) is 2.37. The number of hydrogen-bond donors (Lipinski definition) is 1. The van der Waals surface area contributed by atoms with Crippen LogP contribution in [0, 0.1) is 0 Å². The van der Waals surface area contributed by atoms with E-state index < -0.39 is 0 Å². The smallest absolute Gasteiger partial charge is 0.355 e. The van der Waals surface area contributed by atoms with Crippen LogP contribution in [0.1, 0.15) is 42.4 Å². The minimum absolute atomic E-state index is 0.257. The molecule has 1 aromatic heterocycles. The van der Waals surface area contributed by atoms with Crippen molar-refractivity contribution >= 4 is 16.9 Å². The number of fused-ring (bicyclic) bond motifs is 1. The van der Waals surface area contributed by atoms with Gasteiger partial charge in [0, 0.05) is 10.9 Å². The van der Waals surface area contributed by atoms with Gasteiger partial charge in [-0.25, -0.2) is 4.79 Å². The lowest BCUT2D eigenvalue weighted by molar-refractivity contribution is 0.0519. The molecule has 18 heavy (non-hydrogen) atoms. The van der Waals surface area contributed by atoms with Crippen molar-refractivity contribution in [1.29, 1.82) is 0 Å². The Hall–Kier alpha value is -1.77. The number of aromatic amines is 1. The topological polar surface area (TPSA) is 42.1 Å². The maximum Gasteiger partial charge on any atom is 0.355 e. The predicted molar refractivity (Wildman–Crippen MR) is 73.0 cm³/mol. The lowest BCUT2D eigenvalue weighted by Gasteiger charge is -2.01. The monoisotopic (exact) mass is 245 g/mol. The van der Waals surface area contributed by atoms with Crippen molar-refractivity contribution in [1.82, 2.24) is 4.98 Å². The molecule has 0 bridgehead atoms. The van der Waals surface area contributed by atoms with E-state index in [1.807, 2.05) is 13.0 Å². The zero-order chi connectivity index (χ0) is 13.1. The van der Waals surface area contributed by atoms with Crippen molar-refractivity contribution in [3.8, 4) is 0 Å². The van der Waals surface area contributed by atoms with Gasteiger partial charge in [-0.3, -0.25) is 0 Å². The zero-order valence-electron chi connectivity index (χ0n) is 11.2. The van der Waals surface area contributed by atoms with E-state index in [9.17, 15) is 4.79 Å². The third-order valence-electron chi connectivity index (χ3n) is 3.24. The average molecular weight is 245 g/mol. The Bertz CT molecular complexity index is 569. The fraction of sp³-hybridized carbons (Fsp3) is 0.400. The summed E-state index contributed by atoms with van der Waals surface area (Å²) in [5.74, 6) is -0.257. The summed E-state index contributed by atoms with van der Waals surface area (Å²) in [4.78, 5) is 15.2. The molecule has 96 valence electrons. The van der Waals surface area contributed by atoms with Crippen molar-refractivity contribution in [3.05, 3.63) is 35.0 Å². The first-order valence-electron chi connectivity index (χ1n) is 6.52. The molecule has 0 spiro atoms. The fourth-order valence-electron chi connectivity index (χ4n) is 2.37. The van der Waals surface area contributed by atoms with E-state index in [2.05, 4.69) is 31.0 Å². The minimum atomic E-state index is -0.257. The number of aromatic nitrogens is 1. The van der Waals surface area contributed by atoms with E-state index in [4.69, 9.17) is 4.74 Å². The molecule has 1 N–H and O–H groups in total. The molecule has 2 aromatic rings. The molecule has 0 fully saturated rings. The average Bonchev–Trinajstić information content (AvgIpc) is 2.77. The molecule has 0 aliphatic heterocycles. The van der Waals surface area contributed by atoms with Crippen LogP contribution in [0.15, 0.2) is 18.2 Å². The Morgan fingerprint density at radius 2 is 2.00 bits per heavy atom. The van der Waals surface area contributed by atoms with E-state index >= 15 is 0 Å². The number of ether oxygens (including phenoxy) is 1. The highest BCUT2D eigenvalue weighted by molar-refractivity contribution is 5.99. The lowest BCUT2D eigenvalue weighted by Crippen LogP contribution is -2.07. The van der Waals surface area contributed by atoms with Crippen LogP contribution in [0.4, 0.5) is 0 Å². The van der Waals surface area contributed by atoms with Gasteiger partial charge >= 0.3 is 5.97 Å². The van der Waals surface area contributed by atoms with Crippen molar-refractivity contribution in [3.63, 3.8) is 0 Å². The molecule has 0 unspecified atom stereocenters. The molecule has 0 atom stereocenters. The standard InChI is InChI=1S/C15H19NO2/c1-4-10-8-7-9-12-11(5-2)14(16-13(10)12)15(17)18-6-3/h7-9,16H,4-6H2,1-3H3. The third kappa shape index (κ3) is 2.01. The van der Waals surface area contributed by atoms with Crippen molar-refractivity contribution in [2.24, 2.45) is 0 Å². The van der Waals surface area contributed by atoms with Gasteiger partial charge in [0.15, 0.2) is 0 Å². The van der Waals surface area contributed by atoms with Gasteiger partial charge < -0.3 is 9.72 Å². The van der Waals surface area contributed by atoms with Gasteiger partial charge in [-0.2, -0.15) is 0 Å². The zero-order valence-corrected chi connectivity index (χ0v) is 11.2. The number of para-hydroxylation sites is 1. The number of carbonyl (C=O) groups excluding carboxylic acids is 1. The van der Waals surface area contributed by atoms with E-state index in [1.165, 1.54) is 5.56 Å². The summed E-state index contributed by atoms with van der Waals surface area (Å²) >= 11 is 0. The number of benzene rings is 1. The van der Waals surface area contributed by atoms with Crippen LogP contribution < -0.4 is 0 Å². The van der Waals surface area contributed by atoms with Gasteiger partial charge in [0.1, 0.15) is 5.69 Å². The molecule has 3 heteroatoms. The maximum absolute atomic E-state index is 11.9. The lowest BCUT2D eigenvalue weighted by atomic mass is 10.0. The quantitative estimate of drug-likeness (QED) is 0.838. The number of H-pyrrole nitrogens is 1. The summed E-state index contributed by atoms with van der Waals surface area (Å²) in [6, 6.07) is 6.20. The van der Waals surface area contributed by atoms with E-state index in [0.29, 0.717) is 12.3 Å². The summed E-state index contributed by atoms with van der Waals surface area (Å²) in [7, 11) is 0. The van der Waals surface area contributed by atoms with Crippen LogP contribution in [-0.4, -0.2) is 17.6 Å². The van der Waals surface area contributed by atoms with Crippen LogP contribution >= 0.6 is 0 Å². The van der Waals surface area contributed by atoms with Crippen molar-refractivity contribution < 1.29 is 9.53 Å². The summed E-state index contributed by atoms with van der Waals surface area (Å²) in [6.45, 7) is 6.40. The van der Waals surface area contributed by atoms with E-state index in [-0.39, 0.29) is 5.97 Å². The Kier molecular flexibility index (Phi) is 3.70. The molecule has 0 aliphatic rings. The van der Waals surface area contributed by atoms with E-state index in [0.717, 1.165) is 29.3 Å². The second-order valence-electron chi connectivity index (χ2n) is 4.25. The molecule has 3 nitrogen and oxygen atoms in total. The molecule has 0 saturated heterocycles. The van der Waals surface area contributed by atoms with Gasteiger partial charge in [0.2, 0.25) is 0 Å². The number of rotatable bonds is 4. The number of aryl methyl sites for hydroxylation is 2. The highest BCUT2D eigenvalue weighted by atomic mass is 16.5. The second kappa shape index (κ2) is 5.25. The van der Waals surface area contributed by atoms with E-state index in [1.54, 1.807) is 0 Å². The number of esters is 1. The van der Waals surface area contributed by atoms with Crippen LogP contribution in [0.3, 0.4) is 0 Å². The Morgan fingerprint density at radius 1 is 1.22 bits per heavy atom. The summed E-state index contributed by atoms with van der Waals surface area (Å²) < 4.78 is 5.10. The first kappa shape index (κ1) is 12.7. The van der Waals surface area contributed by atoms with Gasteiger partial charge in [-0.05, 0) is 30.9 Å². The molecule has 0 saturated carbocycles. The van der Waals surface area contributed by atoms with Crippen LogP contribution in [-0.2, 0) is 17.6 Å². The molecule has 2 rings (SSSR count). The van der Waals surface area contributed by atoms with Crippen molar-refractivity contribution in [2.75, 3.05) is 6.61 Å². The van der Waals surface area contributed by atoms with Crippen LogP contribution in [0.2, 0.25) is 0 Å². The SMILES string of the molecule is CCOC(=O)c1[nH]c2c(CC)cccc2c1CC. The largest absolute Gasteiger partial charge is 0.461 e. The number of nitrogens with one attached hydrogen (secondary N) is 1. The Balaban J connectivity index is 2.64. The van der Waals surface area contributed by atoms with Crippen LogP contribution in [0.5, 0.6) is 0 Å². The highest BCUT2D eigenvalue weighted by Crippen LogP contribution is 2.26. The molecule has 0 amide bonds. The van der Waals surface area contributed by atoms with Gasteiger partial charge in [0.25, 0.3) is 0 Å². The first-order valence-corrected chi connectivity index (χ1v) is 6.52. The summed E-state index contributed by atoms with van der Waals surface area (Å²) in [5, 5.41) is 1.14. The molecule has 0 aliphatic carbocycles. The second-order valence-corrected chi connectivity index (χ2v) is 4.25. The Morgan fingerprint density at radius 3 is 2.61 bits per heavy atom. The molecular formula is C15H19NO2. The molecule has 1 heterocycles. The third-order valence-corrected chi connectivity index (χ3v) is 3.24. The first-order chi connectivity index (χ1) is 8.72. The maximum atomic E-state index is 11.9. The predicted octanol–water partition coefficient (Wildman–Crippen LogP) is 3.47. The number of carbonyl (C=O) groups is 1. The summed E-state index contributed by atoms with van der Waals surface area (Å²) in [5.41, 5.74) is 3.96. The Labute approximate surface area is 107 Å².